The van der Waals surface area contributed by atoms with Gasteiger partial charge < -0.3 is 73.8 Å². The number of carboxylic acids is 1. The highest BCUT2D eigenvalue weighted by Crippen LogP contribution is 2.35. The van der Waals surface area contributed by atoms with E-state index in [1.807, 2.05) is 6.92 Å². The molecule has 0 saturated carbocycles. The number of anilines is 4. The molecular weight excluding hydrogens is 1900 g/mol. The molecule has 0 aliphatic rings. The Morgan fingerprint density at radius 2 is 0.820 bits per heavy atom. The molecule has 0 fully saturated rings. The summed E-state index contributed by atoms with van der Waals surface area (Å²) in [7, 11) is 2.97. The van der Waals surface area contributed by atoms with Crippen LogP contribution in [0.1, 0.15) is 49.5 Å². The number of carbonyl (C=O) groups is 7. The van der Waals surface area contributed by atoms with Crippen LogP contribution in [-0.2, 0) is 80.9 Å². The van der Waals surface area contributed by atoms with Gasteiger partial charge in [0, 0.05) is 49.0 Å². The van der Waals surface area contributed by atoms with Crippen LogP contribution in [0.4, 0.5) is 80.6 Å². The number of nitrogens with two attached hydrogens (primary N) is 3. The molecule has 0 saturated heterocycles. The van der Waals surface area contributed by atoms with Crippen molar-refractivity contribution in [3.63, 3.8) is 0 Å². The number of hydrazine groups is 2. The number of carbonyl (C=O) groups excluding carboxylic acids is 6. The number of alkyl halides is 10. The van der Waals surface area contributed by atoms with E-state index in [-0.39, 0.29) is 90.2 Å². The quantitative estimate of drug-likeness (QED) is 0.00229. The second kappa shape index (κ2) is 58.1. The van der Waals surface area contributed by atoms with E-state index < -0.39 is 127 Å². The van der Waals surface area contributed by atoms with Crippen LogP contribution in [0.25, 0.3) is 22.5 Å². The molecule has 0 spiro atoms. The van der Waals surface area contributed by atoms with Crippen molar-refractivity contribution in [3.05, 3.63) is 189 Å². The van der Waals surface area contributed by atoms with Crippen molar-refractivity contribution in [1.29, 1.82) is 0 Å². The number of carboxylic acid groups (broad SMARTS) is 1. The number of hydrogen-bond donors (Lipinski definition) is 7. The third kappa shape index (κ3) is 45.1. The van der Waals surface area contributed by atoms with E-state index in [0.29, 0.717) is 37.3 Å². The molecule has 0 radical (unpaired) electrons. The first-order valence-electron chi connectivity index (χ1n) is 35.3. The number of rotatable bonds is 28. The van der Waals surface area contributed by atoms with Gasteiger partial charge in [-0.1, -0.05) is 7.43 Å². The molecule has 2 aromatic carbocycles. The number of nitrogens with zero attached hydrogens (tertiary/aromatic N) is 10. The average molecular weight is 1990 g/mol. The summed E-state index contributed by atoms with van der Waals surface area (Å²) in [5, 5.41) is 8.44. The van der Waals surface area contributed by atoms with Gasteiger partial charge in [-0.05, 0) is 180 Å². The zero-order chi connectivity index (χ0) is 95.8. The minimum absolute atomic E-state index is 0. The molecule has 0 atom stereocenters. The van der Waals surface area contributed by atoms with Crippen LogP contribution in [0, 0.1) is 17.6 Å². The Labute approximate surface area is 741 Å². The number of hydrogen-bond acceptors (Lipinski definition) is 33. The van der Waals surface area contributed by atoms with Crippen LogP contribution in [0.3, 0.4) is 0 Å². The van der Waals surface area contributed by atoms with Gasteiger partial charge in [-0.25, -0.2) is 29.6 Å². The number of pyridine rings is 5. The number of benzene rings is 2. The predicted octanol–water partition coefficient (Wildman–Crippen LogP) is 14.3. The molecule has 10 N–H and O–H groups in total. The fourth-order valence-electron chi connectivity index (χ4n) is 8.79. The Balaban J connectivity index is 0.000000752. The Morgan fingerprint density at radius 3 is 1.19 bits per heavy atom. The van der Waals surface area contributed by atoms with Gasteiger partial charge in [0.1, 0.15) is 46.7 Å². The fourth-order valence-corrected chi connectivity index (χ4v) is 11.8. The normalized spacial score (nSPS) is 10.6. The molecule has 0 aliphatic carbocycles. The van der Waals surface area contributed by atoms with Crippen molar-refractivity contribution in [1.82, 2.24) is 50.3 Å². The van der Waals surface area contributed by atoms with E-state index in [0.717, 1.165) is 38.4 Å². The zero-order valence-electron chi connectivity index (χ0n) is 68.7. The summed E-state index contributed by atoms with van der Waals surface area (Å²) >= 11 is 6.64. The maximum atomic E-state index is 13.2. The van der Waals surface area contributed by atoms with Crippen LogP contribution >= 0.6 is 31.9 Å². The van der Waals surface area contributed by atoms with E-state index >= 15 is 0 Å². The number of methoxy groups -OCH3 is 5. The van der Waals surface area contributed by atoms with Crippen LogP contribution in [0.15, 0.2) is 154 Å². The Kier molecular flexibility index (Phi) is 51.2. The number of aliphatic carboxylic acids is 1. The summed E-state index contributed by atoms with van der Waals surface area (Å²) in [5.74, 6) is -3.53. The van der Waals surface area contributed by atoms with E-state index in [1.165, 1.54) is 131 Å². The van der Waals surface area contributed by atoms with Crippen molar-refractivity contribution in [3.8, 4) is 51.3 Å². The summed E-state index contributed by atoms with van der Waals surface area (Å²) < 4.78 is 212. The first-order chi connectivity index (χ1) is 59.7. The predicted molar refractivity (Wildman–Crippen MR) is 447 cm³/mol. The van der Waals surface area contributed by atoms with Gasteiger partial charge in [0.2, 0.25) is 26.1 Å². The van der Waals surface area contributed by atoms with Gasteiger partial charge in [-0.3, -0.25) is 69.0 Å². The topological polar surface area (TPSA) is 484 Å². The van der Waals surface area contributed by atoms with E-state index in [2.05, 4.69) is 184 Å². The number of esters is 5. The Bertz CT molecular complexity index is 4990. The molecule has 7 heterocycles. The zero-order valence-corrected chi connectivity index (χ0v) is 73.9. The van der Waals surface area contributed by atoms with Crippen molar-refractivity contribution in [2.24, 2.45) is 10.5 Å². The molecule has 128 heavy (non-hydrogen) atoms. The fraction of sp³-hybridized carbons (Fsp3) is 0.303. The van der Waals surface area contributed by atoms with Crippen molar-refractivity contribution >= 4 is 120 Å². The Hall–Kier alpha value is -13.2. The third-order valence-electron chi connectivity index (χ3n) is 13.6. The molecule has 52 heteroatoms. The van der Waals surface area contributed by atoms with Gasteiger partial charge in [0.15, 0.2) is 37.4 Å². The highest BCUT2D eigenvalue weighted by molar-refractivity contribution is 9.11. The molecule has 9 rings (SSSR count). The van der Waals surface area contributed by atoms with Gasteiger partial charge in [0.05, 0.1) is 92.2 Å². The molecular formula is C76H87Br2F13N16O19Si2. The van der Waals surface area contributed by atoms with E-state index in [1.54, 1.807) is 12.1 Å². The summed E-state index contributed by atoms with van der Waals surface area (Å²) in [4.78, 5) is 111. The summed E-state index contributed by atoms with van der Waals surface area (Å²) in [6, 6.07) is 24.4. The molecule has 7 aromatic heterocycles. The summed E-state index contributed by atoms with van der Waals surface area (Å²) in [6.45, 7) is 0.0427. The highest BCUT2D eigenvalue weighted by atomic mass is 79.9. The molecule has 35 nitrogen and oxygen atoms in total. The van der Waals surface area contributed by atoms with Crippen molar-refractivity contribution < 1.29 is 148 Å². The number of aromatic nitrogens is 9. The maximum Gasteiger partial charge on any atom is 0.387 e. The van der Waals surface area contributed by atoms with Crippen LogP contribution in [0.5, 0.6) is 28.7 Å². The van der Waals surface area contributed by atoms with Gasteiger partial charge in [0.25, 0.3) is 5.95 Å². The second-order valence-corrected chi connectivity index (χ2v) is 35.8. The monoisotopic (exact) mass is 1990 g/mol. The minimum Gasteiger partial charge on any atom is -0.535 e. The largest absolute Gasteiger partial charge is 0.535 e. The van der Waals surface area contributed by atoms with Gasteiger partial charge in [-0.2, -0.15) is 58.3 Å². The summed E-state index contributed by atoms with van der Waals surface area (Å²) in [6.07, 6.45) is 5.15. The van der Waals surface area contributed by atoms with Crippen molar-refractivity contribution in [2.45, 2.75) is 118 Å². The summed E-state index contributed by atoms with van der Waals surface area (Å²) in [5.41, 5.74) is 20.7. The smallest absolute Gasteiger partial charge is 0.387 e. The lowest BCUT2D eigenvalue weighted by Crippen LogP contribution is -2.32. The van der Waals surface area contributed by atoms with Crippen molar-refractivity contribution in [2.75, 3.05) is 57.9 Å². The van der Waals surface area contributed by atoms with Crippen LogP contribution in [0.2, 0.25) is 39.3 Å². The number of nitrogens with one attached hydrogen (secondary N) is 3. The number of amides is 1. The molecule has 0 unspecified atom stereocenters. The van der Waals surface area contributed by atoms with Crippen LogP contribution in [-0.4, -0.2) is 183 Å². The lowest BCUT2D eigenvalue weighted by molar-refractivity contribution is -0.155. The molecule has 698 valence electrons. The second-order valence-electron chi connectivity index (χ2n) is 25.3. The van der Waals surface area contributed by atoms with Gasteiger partial charge >= 0.3 is 68.9 Å². The average Bonchev–Trinajstić information content (AvgIpc) is 0.809. The van der Waals surface area contributed by atoms with E-state index in [4.69, 9.17) is 26.8 Å². The molecule has 1 amide bonds. The number of nitrogen functional groups attached to an aromatic ring is 3. The number of halogens is 15. The maximum absolute atomic E-state index is 13.2. The van der Waals surface area contributed by atoms with Crippen LogP contribution < -0.4 is 57.3 Å². The standard InChI is InChI=1S/C18H14BrF3N6O2.C11H11F2NO5.C10H9BrFN5.C9H9F2NO3.C8H7F2NO3.C8H21NOSi2.C6H4F3NO.C5H8O4.CH4/c19-14-15(9-3-5-10(20)6-4-9)25-18(23)26-16(14)28-27-13(29)8-11-12(30-17(21)22)2-1-7-24-11;1-17-9(15)7(10(16)18-2)8-6(19-11(12)13)4-3-5-14-8;11-7-8(5-1-3-6(12)4-2-5)15-10(13)16-9(7)17-14;1-14-8(13)5-6-7(15-9(10)11)3-2-4-12-6;9-8(10)14-6-2-1-3-11-5(6)4-7(12)13;1-8(9-11(2,3)4)10-12(5,6)7;7-5-4(11-6(8)9)2-1-3-10-5;1-8-4(6)3-5(7)9-2;/h1-7,17H,8H2,(H,27,29)(H3,23,25,26,28);3-5,7,11H,1-2H3;1-4H,14H2,(H3,13,15,16,17);2-4,9H,5H2,1H3;1-3,8H,4H2,(H,12,13);1-7H3;1-3,6H;3H2,1-2H3;1H4. The molecule has 0 bridgehead atoms. The Morgan fingerprint density at radius 1 is 0.469 bits per heavy atom. The first kappa shape index (κ1) is 113. The first-order valence-corrected chi connectivity index (χ1v) is 43.8. The molecule has 9 aromatic rings. The van der Waals surface area contributed by atoms with Gasteiger partial charge in [-0.15, -0.1) is 0 Å². The lowest BCUT2D eigenvalue weighted by Gasteiger charge is -2.21. The minimum atomic E-state index is -3.11. The van der Waals surface area contributed by atoms with E-state index in [9.17, 15) is 90.6 Å². The molecule has 0 aliphatic heterocycles. The number of ether oxygens (including phenoxy) is 10. The lowest BCUT2D eigenvalue weighted by atomic mass is 10.0. The highest BCUT2D eigenvalue weighted by Gasteiger charge is 2.35. The SMILES string of the molecule is C.CC(=N[Si](C)(C)C)O[Si](C)(C)C.COC(=O)C(C(=O)OC)c1ncccc1OC(F)F.COC(=O)CC(=O)OC.COC(=O)Cc1ncccc1OC(F)F.Fc1ncccc1OC(F)F.NNc1nc(N)nc(-c2ccc(F)cc2)c1Br.Nc1nc(NNC(=O)Cc2ncccc2OC(F)F)c(Br)c(-c2ccc(F)cc2)n1.O=C(O)Cc1ncccc1OC(F)F. The third-order valence-corrected chi connectivity index (χ3v) is 17.0.